The molecule has 0 radical (unpaired) electrons. The normalized spacial score (nSPS) is 10.9. The molecule has 120 valence electrons. The molecule has 0 bridgehead atoms. The molecule has 2 aromatic rings. The molecule has 2 rings (SSSR count). The van der Waals surface area contributed by atoms with E-state index in [1.54, 1.807) is 26.0 Å². The van der Waals surface area contributed by atoms with Crippen molar-refractivity contribution >= 4 is 11.8 Å². The van der Waals surface area contributed by atoms with Crippen LogP contribution in [0.25, 0.3) is 11.4 Å². The lowest BCUT2D eigenvalue weighted by molar-refractivity contribution is 0.218. The second-order valence-corrected chi connectivity index (χ2v) is 5.94. The molecule has 1 heterocycles. The van der Waals surface area contributed by atoms with Crippen LogP contribution in [0.5, 0.6) is 5.75 Å². The Balaban J connectivity index is 2.24. The van der Waals surface area contributed by atoms with Gasteiger partial charge in [0.15, 0.2) is 11.0 Å². The third-order valence-corrected chi connectivity index (χ3v) is 4.25. The Bertz CT molecular complexity index is 569. The Morgan fingerprint density at radius 1 is 1.14 bits per heavy atom. The summed E-state index contributed by atoms with van der Waals surface area (Å²) in [5, 5.41) is 9.69. The average Bonchev–Trinajstić information content (AvgIpc) is 2.96. The highest BCUT2D eigenvalue weighted by Gasteiger charge is 2.14. The van der Waals surface area contributed by atoms with Gasteiger partial charge in [0, 0.05) is 25.0 Å². The first-order valence-electron chi connectivity index (χ1n) is 7.49. The van der Waals surface area contributed by atoms with Gasteiger partial charge in [-0.3, -0.25) is 0 Å². The Morgan fingerprint density at radius 3 is 2.55 bits per heavy atom. The molecular formula is C16H23N3O2S. The number of benzene rings is 1. The minimum Gasteiger partial charge on any atom is -0.497 e. The molecule has 22 heavy (non-hydrogen) atoms. The van der Waals surface area contributed by atoms with Crippen molar-refractivity contribution in [2.24, 2.45) is 0 Å². The maximum atomic E-state index is 5.21. The van der Waals surface area contributed by atoms with E-state index in [-0.39, 0.29) is 0 Å². The fourth-order valence-corrected chi connectivity index (χ4v) is 2.95. The van der Waals surface area contributed by atoms with E-state index < -0.39 is 0 Å². The van der Waals surface area contributed by atoms with E-state index in [0.29, 0.717) is 6.61 Å². The van der Waals surface area contributed by atoms with Crippen molar-refractivity contribution in [1.29, 1.82) is 0 Å². The van der Waals surface area contributed by atoms with Crippen molar-refractivity contribution < 1.29 is 9.47 Å². The second kappa shape index (κ2) is 8.80. The minimum absolute atomic E-state index is 0.711. The number of unbranched alkanes of at least 4 members (excludes halogenated alkanes) is 1. The Morgan fingerprint density at radius 2 is 1.91 bits per heavy atom. The van der Waals surface area contributed by atoms with Crippen molar-refractivity contribution in [2.75, 3.05) is 26.6 Å². The Hall–Kier alpha value is -1.53. The molecule has 0 N–H and O–H groups in total. The van der Waals surface area contributed by atoms with Crippen LogP contribution in [0.15, 0.2) is 29.4 Å². The van der Waals surface area contributed by atoms with Crippen LogP contribution in [0.3, 0.4) is 0 Å². The summed E-state index contributed by atoms with van der Waals surface area (Å²) in [5.41, 5.74) is 1.06. The van der Waals surface area contributed by atoms with Crippen LogP contribution in [0.2, 0.25) is 0 Å². The molecule has 5 nitrogen and oxygen atoms in total. The van der Waals surface area contributed by atoms with Crippen molar-refractivity contribution in [3.05, 3.63) is 24.3 Å². The first kappa shape index (κ1) is 16.8. The number of hydrogen-bond acceptors (Lipinski definition) is 5. The van der Waals surface area contributed by atoms with Gasteiger partial charge in [-0.1, -0.05) is 25.1 Å². The predicted octanol–water partition coefficient (Wildman–Crippen LogP) is 3.49. The molecule has 0 atom stereocenters. The van der Waals surface area contributed by atoms with Crippen molar-refractivity contribution in [1.82, 2.24) is 14.8 Å². The summed E-state index contributed by atoms with van der Waals surface area (Å²) in [6, 6.07) is 7.95. The van der Waals surface area contributed by atoms with Gasteiger partial charge in [0.25, 0.3) is 0 Å². The Kier molecular flexibility index (Phi) is 6.74. The number of methoxy groups -OCH3 is 2. The van der Waals surface area contributed by atoms with Crippen molar-refractivity contribution in [3.63, 3.8) is 0 Å². The van der Waals surface area contributed by atoms with Crippen LogP contribution in [0.4, 0.5) is 0 Å². The second-order valence-electron chi connectivity index (χ2n) is 4.88. The van der Waals surface area contributed by atoms with E-state index in [1.165, 1.54) is 0 Å². The lowest BCUT2D eigenvalue weighted by Crippen LogP contribution is -2.03. The van der Waals surface area contributed by atoms with Crippen LogP contribution in [0.1, 0.15) is 19.8 Å². The molecule has 0 aliphatic rings. The maximum Gasteiger partial charge on any atom is 0.191 e. The highest BCUT2D eigenvalue weighted by Crippen LogP contribution is 2.26. The van der Waals surface area contributed by atoms with E-state index in [1.807, 2.05) is 24.3 Å². The minimum atomic E-state index is 0.711. The predicted molar refractivity (Wildman–Crippen MR) is 89.5 cm³/mol. The number of thioether (sulfide) groups is 1. The number of rotatable bonds is 9. The van der Waals surface area contributed by atoms with Gasteiger partial charge in [-0.2, -0.15) is 0 Å². The fourth-order valence-electron chi connectivity index (χ4n) is 2.08. The molecule has 0 saturated heterocycles. The topological polar surface area (TPSA) is 49.2 Å². The highest BCUT2D eigenvalue weighted by atomic mass is 32.2. The number of nitrogens with zero attached hydrogens (tertiary/aromatic N) is 3. The van der Waals surface area contributed by atoms with E-state index in [2.05, 4.69) is 21.7 Å². The standard InChI is InChI=1S/C16H23N3O2S/c1-4-5-10-19-15(13-6-8-14(21-3)9-7-13)17-18-16(19)22-12-11-20-2/h6-9H,4-5,10-12H2,1-3H3. The molecule has 1 aromatic carbocycles. The molecule has 0 unspecified atom stereocenters. The highest BCUT2D eigenvalue weighted by molar-refractivity contribution is 7.99. The van der Waals surface area contributed by atoms with E-state index in [0.717, 1.165) is 47.4 Å². The van der Waals surface area contributed by atoms with Gasteiger partial charge in [0.05, 0.1) is 13.7 Å². The van der Waals surface area contributed by atoms with Crippen molar-refractivity contribution in [2.45, 2.75) is 31.5 Å². The van der Waals surface area contributed by atoms with E-state index in [4.69, 9.17) is 9.47 Å². The van der Waals surface area contributed by atoms with Crippen LogP contribution in [-0.2, 0) is 11.3 Å². The summed E-state index contributed by atoms with van der Waals surface area (Å²) in [7, 11) is 3.38. The first-order valence-corrected chi connectivity index (χ1v) is 8.48. The van der Waals surface area contributed by atoms with Gasteiger partial charge in [0.2, 0.25) is 0 Å². The summed E-state index contributed by atoms with van der Waals surface area (Å²) >= 11 is 1.68. The lowest BCUT2D eigenvalue weighted by Gasteiger charge is -2.10. The quantitative estimate of drug-likeness (QED) is 0.523. The van der Waals surface area contributed by atoms with E-state index >= 15 is 0 Å². The summed E-state index contributed by atoms with van der Waals surface area (Å²) in [5.74, 6) is 2.64. The number of aromatic nitrogens is 3. The monoisotopic (exact) mass is 321 g/mol. The van der Waals surface area contributed by atoms with Gasteiger partial charge >= 0.3 is 0 Å². The molecule has 6 heteroatoms. The van der Waals surface area contributed by atoms with Crippen LogP contribution in [-0.4, -0.2) is 41.3 Å². The van der Waals surface area contributed by atoms with Gasteiger partial charge in [-0.05, 0) is 30.7 Å². The summed E-state index contributed by atoms with van der Waals surface area (Å²) in [6.07, 6.45) is 2.25. The van der Waals surface area contributed by atoms with E-state index in [9.17, 15) is 0 Å². The van der Waals surface area contributed by atoms with Crippen LogP contribution >= 0.6 is 11.8 Å². The SMILES string of the molecule is CCCCn1c(SCCOC)nnc1-c1ccc(OC)cc1. The van der Waals surface area contributed by atoms with Gasteiger partial charge in [0.1, 0.15) is 5.75 Å². The number of ether oxygens (including phenoxy) is 2. The summed E-state index contributed by atoms with van der Waals surface area (Å²) < 4.78 is 12.5. The molecule has 0 aliphatic heterocycles. The van der Waals surface area contributed by atoms with Crippen LogP contribution < -0.4 is 4.74 Å². The maximum absolute atomic E-state index is 5.21. The third-order valence-electron chi connectivity index (χ3n) is 3.32. The molecule has 0 amide bonds. The molecule has 0 aliphatic carbocycles. The van der Waals surface area contributed by atoms with Gasteiger partial charge in [-0.25, -0.2) is 0 Å². The molecule has 0 saturated carbocycles. The van der Waals surface area contributed by atoms with Gasteiger partial charge < -0.3 is 14.0 Å². The first-order chi connectivity index (χ1) is 10.8. The van der Waals surface area contributed by atoms with Gasteiger partial charge in [-0.15, -0.1) is 10.2 Å². The van der Waals surface area contributed by atoms with Crippen LogP contribution in [0, 0.1) is 0 Å². The lowest BCUT2D eigenvalue weighted by atomic mass is 10.2. The molecule has 0 fully saturated rings. The third kappa shape index (κ3) is 4.24. The summed E-state index contributed by atoms with van der Waals surface area (Å²) in [6.45, 7) is 3.83. The fraction of sp³-hybridized carbons (Fsp3) is 0.500. The van der Waals surface area contributed by atoms with Crippen molar-refractivity contribution in [3.8, 4) is 17.1 Å². The zero-order valence-electron chi connectivity index (χ0n) is 13.4. The smallest absolute Gasteiger partial charge is 0.191 e. The summed E-state index contributed by atoms with van der Waals surface area (Å²) in [4.78, 5) is 0. The Labute approximate surface area is 136 Å². The zero-order chi connectivity index (χ0) is 15.8. The zero-order valence-corrected chi connectivity index (χ0v) is 14.2. The average molecular weight is 321 g/mol. The molecular weight excluding hydrogens is 298 g/mol. The molecule has 0 spiro atoms. The largest absolute Gasteiger partial charge is 0.497 e. The molecule has 1 aromatic heterocycles. The number of hydrogen-bond donors (Lipinski definition) is 0.